The van der Waals surface area contributed by atoms with Crippen molar-refractivity contribution in [2.24, 2.45) is 0 Å². The molecule has 138 valence electrons. The van der Waals surface area contributed by atoms with Crippen LogP contribution in [0.4, 0.5) is 4.39 Å². The van der Waals surface area contributed by atoms with E-state index in [1.165, 1.54) is 25.3 Å². The Labute approximate surface area is 154 Å². The molecule has 1 amide bonds. The molecule has 1 fully saturated rings. The number of methoxy groups -OCH3 is 1. The van der Waals surface area contributed by atoms with Crippen molar-refractivity contribution in [3.63, 3.8) is 0 Å². The number of carbonyl (C=O) groups excluding carboxylic acids is 1. The zero-order valence-corrected chi connectivity index (χ0v) is 15.3. The maximum Gasteiger partial charge on any atom is 0.285 e. The van der Waals surface area contributed by atoms with Crippen LogP contribution in [0.25, 0.3) is 0 Å². The smallest absolute Gasteiger partial charge is 0.285 e. The predicted octanol–water partition coefficient (Wildman–Crippen LogP) is 2.41. The normalized spacial score (nSPS) is 14.1. The lowest BCUT2D eigenvalue weighted by atomic mass is 10.2. The summed E-state index contributed by atoms with van der Waals surface area (Å²) in [5.41, 5.74) is 0.626. The van der Waals surface area contributed by atoms with Gasteiger partial charge in [0.2, 0.25) is 10.0 Å². The van der Waals surface area contributed by atoms with Crippen molar-refractivity contribution in [2.45, 2.75) is 24.5 Å². The van der Waals surface area contributed by atoms with Crippen LogP contribution in [-0.2, 0) is 15.8 Å². The second kappa shape index (κ2) is 7.16. The van der Waals surface area contributed by atoms with E-state index in [0.29, 0.717) is 11.4 Å². The fourth-order valence-electron chi connectivity index (χ4n) is 2.38. The minimum absolute atomic E-state index is 0.117. The molecule has 0 saturated heterocycles. The van der Waals surface area contributed by atoms with E-state index >= 15 is 0 Å². The molecular formula is C16H15ClFN3O4S. The molecule has 3 rings (SSSR count). The van der Waals surface area contributed by atoms with Gasteiger partial charge in [-0.25, -0.2) is 17.5 Å². The highest BCUT2D eigenvalue weighted by molar-refractivity contribution is 7.89. The van der Waals surface area contributed by atoms with Crippen LogP contribution in [0.5, 0.6) is 5.75 Å². The number of nitrogens with one attached hydrogen (secondary N) is 1. The van der Waals surface area contributed by atoms with E-state index in [1.54, 1.807) is 0 Å². The first kappa shape index (κ1) is 18.5. The van der Waals surface area contributed by atoms with Crippen LogP contribution in [-0.4, -0.2) is 31.6 Å². The zero-order chi connectivity index (χ0) is 18.9. The molecule has 1 heterocycles. The fraction of sp³-hybridized carbons (Fsp3) is 0.312. The molecular weight excluding hydrogens is 385 g/mol. The molecule has 10 heteroatoms. The van der Waals surface area contributed by atoms with E-state index in [9.17, 15) is 17.6 Å². The van der Waals surface area contributed by atoms with Crippen LogP contribution in [0.1, 0.15) is 40.5 Å². The number of ether oxygens (including phenoxy) is 1. The maximum atomic E-state index is 13.4. The molecule has 1 saturated carbocycles. The number of hydrogen-bond acceptors (Lipinski definition) is 6. The number of sulfonamides is 1. The third-order valence-corrected chi connectivity index (χ3v) is 5.31. The molecule has 0 unspecified atom stereocenters. The lowest BCUT2D eigenvalue weighted by Crippen LogP contribution is -2.32. The van der Waals surface area contributed by atoms with Crippen LogP contribution in [0.15, 0.2) is 24.3 Å². The summed E-state index contributed by atoms with van der Waals surface area (Å²) in [7, 11) is -2.62. The Morgan fingerprint density at radius 3 is 2.69 bits per heavy atom. The van der Waals surface area contributed by atoms with Gasteiger partial charge in [0.1, 0.15) is 17.3 Å². The van der Waals surface area contributed by atoms with E-state index in [1.807, 2.05) is 4.72 Å². The monoisotopic (exact) mass is 399 g/mol. The van der Waals surface area contributed by atoms with Gasteiger partial charge in [-0.2, -0.15) is 5.10 Å². The quantitative estimate of drug-likeness (QED) is 0.801. The molecule has 0 atom stereocenters. The molecule has 1 aromatic heterocycles. The van der Waals surface area contributed by atoms with Crippen molar-refractivity contribution in [2.75, 3.05) is 7.11 Å². The Balaban J connectivity index is 1.74. The first-order valence-electron chi connectivity index (χ1n) is 7.69. The average molecular weight is 400 g/mol. The van der Waals surface area contributed by atoms with E-state index < -0.39 is 27.5 Å². The van der Waals surface area contributed by atoms with E-state index in [4.69, 9.17) is 16.3 Å². The predicted molar refractivity (Wildman–Crippen MR) is 92.1 cm³/mol. The first-order valence-corrected chi connectivity index (χ1v) is 9.72. The van der Waals surface area contributed by atoms with E-state index in [0.717, 1.165) is 18.9 Å². The molecule has 1 aliphatic carbocycles. The van der Waals surface area contributed by atoms with Gasteiger partial charge in [-0.15, -0.1) is 5.10 Å². The molecule has 1 N–H and O–H groups in total. The molecule has 0 spiro atoms. The number of benzene rings is 1. The number of carbonyl (C=O) groups is 1. The van der Waals surface area contributed by atoms with Gasteiger partial charge in [0, 0.05) is 12.0 Å². The second-order valence-corrected chi connectivity index (χ2v) is 8.03. The molecule has 2 aromatic rings. The van der Waals surface area contributed by atoms with Gasteiger partial charge in [0.05, 0.1) is 17.9 Å². The number of aromatic nitrogens is 2. The van der Waals surface area contributed by atoms with Crippen molar-refractivity contribution in [1.82, 2.24) is 14.9 Å². The minimum atomic E-state index is -4.06. The lowest BCUT2D eigenvalue weighted by molar-refractivity contribution is 0.0975. The molecule has 26 heavy (non-hydrogen) atoms. The molecule has 1 aromatic carbocycles. The van der Waals surface area contributed by atoms with Crippen LogP contribution in [0, 0.1) is 5.82 Å². The summed E-state index contributed by atoms with van der Waals surface area (Å²) in [5, 5.41) is 7.64. The SMILES string of the molecule is COc1cc(C(=O)NS(=O)(=O)Cc2ccc(Cl)c(F)c2)nnc1C1CC1. The van der Waals surface area contributed by atoms with E-state index in [-0.39, 0.29) is 22.2 Å². The average Bonchev–Trinajstić information content (AvgIpc) is 3.41. The summed E-state index contributed by atoms with van der Waals surface area (Å²) in [5.74, 6) is -1.61. The number of nitrogens with zero attached hydrogens (tertiary/aromatic N) is 2. The summed E-state index contributed by atoms with van der Waals surface area (Å²) < 4.78 is 44.8. The molecule has 0 radical (unpaired) electrons. The van der Waals surface area contributed by atoms with Gasteiger partial charge in [0.25, 0.3) is 5.91 Å². The van der Waals surface area contributed by atoms with Crippen LogP contribution in [0.2, 0.25) is 5.02 Å². The highest BCUT2D eigenvalue weighted by atomic mass is 35.5. The number of amides is 1. The summed E-state index contributed by atoms with van der Waals surface area (Å²) in [6.45, 7) is 0. The Bertz CT molecular complexity index is 964. The van der Waals surface area contributed by atoms with Gasteiger partial charge in [-0.3, -0.25) is 4.79 Å². The standard InChI is InChI=1S/C16H15ClFN3O4S/c1-25-14-7-13(19-20-15(14)10-3-4-10)16(22)21-26(23,24)8-9-2-5-11(17)12(18)6-9/h2,5-7,10H,3-4,8H2,1H3,(H,21,22). The third-order valence-electron chi connectivity index (χ3n) is 3.79. The Hall–Kier alpha value is -2.26. The van der Waals surface area contributed by atoms with Crippen molar-refractivity contribution < 1.29 is 22.3 Å². The van der Waals surface area contributed by atoms with Gasteiger partial charge in [0.15, 0.2) is 5.69 Å². The minimum Gasteiger partial charge on any atom is -0.495 e. The molecule has 1 aliphatic rings. The zero-order valence-electron chi connectivity index (χ0n) is 13.7. The Kier molecular flexibility index (Phi) is 5.10. The number of hydrogen-bond donors (Lipinski definition) is 1. The summed E-state index contributed by atoms with van der Waals surface area (Å²) in [6, 6.07) is 4.96. The highest BCUT2D eigenvalue weighted by Gasteiger charge is 2.30. The Morgan fingerprint density at radius 2 is 2.08 bits per heavy atom. The summed E-state index contributed by atoms with van der Waals surface area (Å²) in [4.78, 5) is 12.2. The number of halogens is 2. The van der Waals surface area contributed by atoms with E-state index in [2.05, 4.69) is 10.2 Å². The fourth-order valence-corrected chi connectivity index (χ4v) is 3.57. The van der Waals surface area contributed by atoms with Crippen molar-refractivity contribution in [3.8, 4) is 5.75 Å². The van der Waals surface area contributed by atoms with Crippen molar-refractivity contribution in [3.05, 3.63) is 52.1 Å². The second-order valence-electron chi connectivity index (χ2n) is 5.90. The van der Waals surface area contributed by atoms with Crippen LogP contribution < -0.4 is 9.46 Å². The summed E-state index contributed by atoms with van der Waals surface area (Å²) >= 11 is 5.56. The third kappa shape index (κ3) is 4.28. The highest BCUT2D eigenvalue weighted by Crippen LogP contribution is 2.42. The number of rotatable bonds is 6. The van der Waals surface area contributed by atoms with Gasteiger partial charge < -0.3 is 4.74 Å². The first-order chi connectivity index (χ1) is 12.3. The van der Waals surface area contributed by atoms with Crippen LogP contribution in [0.3, 0.4) is 0 Å². The molecule has 7 nitrogen and oxygen atoms in total. The van der Waals surface area contributed by atoms with Gasteiger partial charge >= 0.3 is 0 Å². The molecule has 0 aliphatic heterocycles. The molecule has 0 bridgehead atoms. The summed E-state index contributed by atoms with van der Waals surface area (Å²) in [6.07, 6.45) is 1.95. The van der Waals surface area contributed by atoms with Gasteiger partial charge in [-0.1, -0.05) is 17.7 Å². The lowest BCUT2D eigenvalue weighted by Gasteiger charge is -2.09. The maximum absolute atomic E-state index is 13.4. The van der Waals surface area contributed by atoms with Crippen molar-refractivity contribution >= 4 is 27.5 Å². The Morgan fingerprint density at radius 1 is 1.35 bits per heavy atom. The van der Waals surface area contributed by atoms with Crippen LogP contribution >= 0.6 is 11.6 Å². The van der Waals surface area contributed by atoms with Gasteiger partial charge in [-0.05, 0) is 30.5 Å². The topological polar surface area (TPSA) is 98.2 Å². The van der Waals surface area contributed by atoms with Crippen molar-refractivity contribution in [1.29, 1.82) is 0 Å². The largest absolute Gasteiger partial charge is 0.495 e.